The minimum absolute atomic E-state index is 0.104. The maximum Gasteiger partial charge on any atom is 0.240 e. The lowest BCUT2D eigenvalue weighted by Gasteiger charge is -2.37. The van der Waals surface area contributed by atoms with Crippen LogP contribution in [0, 0.1) is 0 Å². The summed E-state index contributed by atoms with van der Waals surface area (Å²) >= 11 is 3.47. The zero-order valence-electron chi connectivity index (χ0n) is 13.9. The number of aromatic nitrogens is 1. The molecule has 1 unspecified atom stereocenters. The number of hydrogen-bond donors (Lipinski definition) is 0. The minimum Gasteiger partial charge on any atom is -0.339 e. The standard InChI is InChI=1S/C17H25BrN4O/c1-13(2)22-4-3-16(17(22)23)21-7-5-20(6-8-21)12-14-9-15(18)11-19-10-14/h9-11,13,16H,3-8,12H2,1-2H3. The molecule has 2 fully saturated rings. The highest BCUT2D eigenvalue weighted by molar-refractivity contribution is 9.10. The highest BCUT2D eigenvalue weighted by Crippen LogP contribution is 2.21. The van der Waals surface area contributed by atoms with E-state index in [1.165, 1.54) is 5.56 Å². The largest absolute Gasteiger partial charge is 0.339 e. The van der Waals surface area contributed by atoms with Gasteiger partial charge in [0.05, 0.1) is 6.04 Å². The molecule has 0 saturated carbocycles. The van der Waals surface area contributed by atoms with Crippen molar-refractivity contribution < 1.29 is 4.79 Å². The van der Waals surface area contributed by atoms with Crippen molar-refractivity contribution in [1.29, 1.82) is 0 Å². The summed E-state index contributed by atoms with van der Waals surface area (Å²) in [6.07, 6.45) is 4.72. The summed E-state index contributed by atoms with van der Waals surface area (Å²) in [5.74, 6) is 0.324. The van der Waals surface area contributed by atoms with Gasteiger partial charge in [-0.05, 0) is 47.8 Å². The molecule has 2 saturated heterocycles. The van der Waals surface area contributed by atoms with Crippen LogP contribution in [0.1, 0.15) is 25.8 Å². The van der Waals surface area contributed by atoms with Crippen LogP contribution in [-0.4, -0.2) is 70.4 Å². The number of pyridine rings is 1. The highest BCUT2D eigenvalue weighted by Gasteiger charge is 2.37. The van der Waals surface area contributed by atoms with E-state index < -0.39 is 0 Å². The molecule has 0 bridgehead atoms. The normalized spacial score (nSPS) is 23.9. The third-order valence-electron chi connectivity index (χ3n) is 4.85. The van der Waals surface area contributed by atoms with E-state index >= 15 is 0 Å². The van der Waals surface area contributed by atoms with Gasteiger partial charge in [-0.25, -0.2) is 0 Å². The van der Waals surface area contributed by atoms with E-state index in [9.17, 15) is 4.79 Å². The quantitative estimate of drug-likeness (QED) is 0.800. The third kappa shape index (κ3) is 3.92. The number of carbonyl (C=O) groups is 1. The van der Waals surface area contributed by atoms with Crippen molar-refractivity contribution in [2.24, 2.45) is 0 Å². The first kappa shape index (κ1) is 16.9. The van der Waals surface area contributed by atoms with Gasteiger partial charge in [-0.15, -0.1) is 0 Å². The average molecular weight is 381 g/mol. The first-order valence-corrected chi connectivity index (χ1v) is 9.20. The Morgan fingerprint density at radius 2 is 1.96 bits per heavy atom. The smallest absolute Gasteiger partial charge is 0.240 e. The lowest BCUT2D eigenvalue weighted by molar-refractivity contribution is -0.134. The van der Waals surface area contributed by atoms with Gasteiger partial charge in [-0.3, -0.25) is 19.6 Å². The van der Waals surface area contributed by atoms with Crippen LogP contribution in [-0.2, 0) is 11.3 Å². The summed E-state index contributed by atoms with van der Waals surface area (Å²) in [7, 11) is 0. The molecule has 23 heavy (non-hydrogen) atoms. The fourth-order valence-electron chi connectivity index (χ4n) is 3.57. The molecule has 3 rings (SSSR count). The van der Waals surface area contributed by atoms with Crippen LogP contribution in [0.15, 0.2) is 22.9 Å². The van der Waals surface area contributed by atoms with Crippen molar-refractivity contribution in [3.8, 4) is 0 Å². The van der Waals surface area contributed by atoms with Gasteiger partial charge < -0.3 is 4.90 Å². The number of amides is 1. The van der Waals surface area contributed by atoms with Crippen LogP contribution in [0.25, 0.3) is 0 Å². The molecule has 0 radical (unpaired) electrons. The molecule has 1 aromatic heterocycles. The van der Waals surface area contributed by atoms with Gasteiger partial charge in [-0.2, -0.15) is 0 Å². The third-order valence-corrected chi connectivity index (χ3v) is 5.28. The topological polar surface area (TPSA) is 39.7 Å². The number of rotatable bonds is 4. The Balaban J connectivity index is 1.52. The SMILES string of the molecule is CC(C)N1CCC(N2CCN(Cc3cncc(Br)c3)CC2)C1=O. The second-order valence-corrected chi connectivity index (χ2v) is 7.67. The summed E-state index contributed by atoms with van der Waals surface area (Å²) in [4.78, 5) is 23.6. The number of nitrogens with zero attached hydrogens (tertiary/aromatic N) is 4. The number of hydrogen-bond acceptors (Lipinski definition) is 4. The van der Waals surface area contributed by atoms with Gasteiger partial charge in [0.1, 0.15) is 0 Å². The second kappa shape index (κ2) is 7.28. The summed E-state index contributed by atoms with van der Waals surface area (Å²) in [6, 6.07) is 2.55. The number of halogens is 1. The van der Waals surface area contributed by atoms with E-state index in [1.54, 1.807) is 0 Å². The monoisotopic (exact) mass is 380 g/mol. The fraction of sp³-hybridized carbons (Fsp3) is 0.647. The van der Waals surface area contributed by atoms with Crippen LogP contribution in [0.5, 0.6) is 0 Å². The van der Waals surface area contributed by atoms with E-state index in [1.807, 2.05) is 17.3 Å². The Kier molecular flexibility index (Phi) is 5.34. The van der Waals surface area contributed by atoms with E-state index in [0.717, 1.165) is 50.2 Å². The molecule has 0 aromatic carbocycles. The minimum atomic E-state index is 0.104. The summed E-state index contributed by atoms with van der Waals surface area (Å²) in [5.41, 5.74) is 1.23. The number of carbonyl (C=O) groups excluding carboxylic acids is 1. The molecule has 126 valence electrons. The fourth-order valence-corrected chi connectivity index (χ4v) is 3.98. The van der Waals surface area contributed by atoms with Crippen molar-refractivity contribution in [3.63, 3.8) is 0 Å². The highest BCUT2D eigenvalue weighted by atomic mass is 79.9. The first-order valence-electron chi connectivity index (χ1n) is 8.41. The lowest BCUT2D eigenvalue weighted by atomic mass is 10.1. The molecule has 0 aliphatic carbocycles. The Labute approximate surface area is 146 Å². The zero-order valence-corrected chi connectivity index (χ0v) is 15.5. The van der Waals surface area contributed by atoms with Gasteiger partial charge in [0.15, 0.2) is 0 Å². The van der Waals surface area contributed by atoms with Crippen molar-refractivity contribution in [2.45, 2.75) is 38.9 Å². The Morgan fingerprint density at radius 3 is 2.57 bits per heavy atom. The molecular weight excluding hydrogens is 356 g/mol. The molecule has 0 spiro atoms. The molecule has 1 aromatic rings. The molecule has 3 heterocycles. The van der Waals surface area contributed by atoms with Crippen LogP contribution in [0.4, 0.5) is 0 Å². The van der Waals surface area contributed by atoms with Crippen molar-refractivity contribution in [3.05, 3.63) is 28.5 Å². The van der Waals surface area contributed by atoms with Gasteiger partial charge >= 0.3 is 0 Å². The number of piperazine rings is 1. The predicted octanol–water partition coefficient (Wildman–Crippen LogP) is 1.97. The van der Waals surface area contributed by atoms with Crippen LogP contribution < -0.4 is 0 Å². The van der Waals surface area contributed by atoms with E-state index in [0.29, 0.717) is 11.9 Å². The molecule has 6 heteroatoms. The summed E-state index contributed by atoms with van der Waals surface area (Å²) < 4.78 is 1.03. The Bertz CT molecular complexity index is 557. The molecule has 1 amide bonds. The molecule has 5 nitrogen and oxygen atoms in total. The molecule has 2 aliphatic rings. The van der Waals surface area contributed by atoms with E-state index in [2.05, 4.69) is 50.6 Å². The van der Waals surface area contributed by atoms with Gasteiger partial charge in [-0.1, -0.05) is 0 Å². The Hall–Kier alpha value is -0.980. The van der Waals surface area contributed by atoms with Crippen LogP contribution in [0.2, 0.25) is 0 Å². The second-order valence-electron chi connectivity index (χ2n) is 6.75. The molecule has 2 aliphatic heterocycles. The summed E-state index contributed by atoms with van der Waals surface area (Å²) in [6.45, 7) is 10.0. The first-order chi connectivity index (χ1) is 11.0. The summed E-state index contributed by atoms with van der Waals surface area (Å²) in [5, 5.41) is 0. The van der Waals surface area contributed by atoms with Crippen molar-refractivity contribution >= 4 is 21.8 Å². The molecular formula is C17H25BrN4O. The van der Waals surface area contributed by atoms with Crippen molar-refractivity contribution in [2.75, 3.05) is 32.7 Å². The van der Waals surface area contributed by atoms with Gasteiger partial charge in [0.2, 0.25) is 5.91 Å². The maximum atomic E-state index is 12.5. The average Bonchev–Trinajstić information content (AvgIpc) is 2.90. The predicted molar refractivity (Wildman–Crippen MR) is 94.0 cm³/mol. The van der Waals surface area contributed by atoms with Crippen LogP contribution >= 0.6 is 15.9 Å². The maximum absolute atomic E-state index is 12.5. The van der Waals surface area contributed by atoms with Crippen molar-refractivity contribution in [1.82, 2.24) is 19.7 Å². The van der Waals surface area contributed by atoms with Gasteiger partial charge in [0, 0.05) is 62.2 Å². The van der Waals surface area contributed by atoms with Gasteiger partial charge in [0.25, 0.3) is 0 Å². The van der Waals surface area contributed by atoms with Crippen LogP contribution in [0.3, 0.4) is 0 Å². The van der Waals surface area contributed by atoms with E-state index in [4.69, 9.17) is 0 Å². The zero-order chi connectivity index (χ0) is 16.4. The molecule has 0 N–H and O–H groups in total. The Morgan fingerprint density at radius 1 is 1.22 bits per heavy atom. The molecule has 1 atom stereocenters. The lowest BCUT2D eigenvalue weighted by Crippen LogP contribution is -2.52. The number of likely N-dealkylation sites (tertiary alicyclic amines) is 1. The van der Waals surface area contributed by atoms with E-state index in [-0.39, 0.29) is 6.04 Å².